The topological polar surface area (TPSA) is 74.8 Å². The molecule has 0 aromatic carbocycles. The van der Waals surface area contributed by atoms with Crippen LogP contribution in [-0.4, -0.2) is 60.1 Å². The number of amides is 2. The molecule has 2 aliphatic rings. The number of ether oxygens (including phenoxy) is 1. The van der Waals surface area contributed by atoms with Gasteiger partial charge in [-0.05, 0) is 11.6 Å². The number of fused-ring (bicyclic) bond motifs is 1. The molecule has 0 saturated carbocycles. The normalized spacial score (nSPS) is 29.2. The van der Waals surface area contributed by atoms with Gasteiger partial charge in [0.25, 0.3) is 0 Å². The standard InChI is InChI=1S/C14H18N4O3/c1-17-12-10(11(16-17)9-4-3-5-15-8-9)13(19)18(14(12)20)6-7-21-2/h3-5,8,10-12,16H,6-7H2,1-2H3/t10-,11-,12+/m1/s1. The SMILES string of the molecule is COCCN1C(=O)[C@@H]2[C@@H](c3cccnc3)NN(C)[C@@H]2C1=O. The van der Waals surface area contributed by atoms with Gasteiger partial charge in [-0.1, -0.05) is 6.07 Å². The van der Waals surface area contributed by atoms with E-state index in [1.165, 1.54) is 4.90 Å². The van der Waals surface area contributed by atoms with Gasteiger partial charge in [0.15, 0.2) is 0 Å². The summed E-state index contributed by atoms with van der Waals surface area (Å²) in [5, 5.41) is 1.73. The zero-order valence-electron chi connectivity index (χ0n) is 12.0. The van der Waals surface area contributed by atoms with Crippen molar-refractivity contribution >= 4 is 11.8 Å². The number of likely N-dealkylation sites (tertiary alicyclic amines) is 1. The van der Waals surface area contributed by atoms with Gasteiger partial charge in [-0.2, -0.15) is 0 Å². The van der Waals surface area contributed by atoms with E-state index in [0.717, 1.165) is 5.56 Å². The lowest BCUT2D eigenvalue weighted by Crippen LogP contribution is -2.43. The summed E-state index contributed by atoms with van der Waals surface area (Å²) in [7, 11) is 3.34. The average molecular weight is 290 g/mol. The van der Waals surface area contributed by atoms with Crippen LogP contribution in [0.2, 0.25) is 0 Å². The zero-order valence-corrected chi connectivity index (χ0v) is 12.0. The largest absolute Gasteiger partial charge is 0.383 e. The minimum absolute atomic E-state index is 0.146. The third-order valence-electron chi connectivity index (χ3n) is 4.09. The minimum atomic E-state index is -0.459. The lowest BCUT2D eigenvalue weighted by molar-refractivity contribution is -0.142. The summed E-state index contributed by atoms with van der Waals surface area (Å²) in [4.78, 5) is 30.4. The molecule has 2 amide bonds. The number of carbonyl (C=O) groups is 2. The van der Waals surface area contributed by atoms with Crippen LogP contribution in [0.3, 0.4) is 0 Å². The maximum Gasteiger partial charge on any atom is 0.248 e. The second kappa shape index (κ2) is 5.51. The van der Waals surface area contributed by atoms with Gasteiger partial charge in [-0.25, -0.2) is 10.4 Å². The molecule has 2 aliphatic heterocycles. The first-order valence-corrected chi connectivity index (χ1v) is 6.88. The van der Waals surface area contributed by atoms with E-state index in [-0.39, 0.29) is 17.9 Å². The predicted molar refractivity (Wildman–Crippen MR) is 73.8 cm³/mol. The number of imide groups is 1. The molecular weight excluding hydrogens is 272 g/mol. The zero-order chi connectivity index (χ0) is 15.0. The highest BCUT2D eigenvalue weighted by atomic mass is 16.5. The second-order valence-corrected chi connectivity index (χ2v) is 5.30. The molecule has 2 fully saturated rings. The van der Waals surface area contributed by atoms with Gasteiger partial charge < -0.3 is 4.74 Å². The van der Waals surface area contributed by atoms with Crippen LogP contribution in [0.1, 0.15) is 11.6 Å². The fourth-order valence-corrected chi connectivity index (χ4v) is 3.09. The van der Waals surface area contributed by atoms with E-state index in [2.05, 4.69) is 10.4 Å². The first-order valence-electron chi connectivity index (χ1n) is 6.88. The molecule has 1 N–H and O–H groups in total. The number of hydrogen-bond acceptors (Lipinski definition) is 6. The van der Waals surface area contributed by atoms with Crippen LogP contribution in [0.15, 0.2) is 24.5 Å². The maximum atomic E-state index is 12.6. The number of carbonyl (C=O) groups excluding carboxylic acids is 2. The molecule has 21 heavy (non-hydrogen) atoms. The Morgan fingerprint density at radius 2 is 2.19 bits per heavy atom. The molecule has 0 radical (unpaired) electrons. The fourth-order valence-electron chi connectivity index (χ4n) is 3.09. The highest BCUT2D eigenvalue weighted by Crippen LogP contribution is 2.38. The Balaban J connectivity index is 1.89. The molecule has 0 spiro atoms. The third kappa shape index (κ3) is 2.23. The van der Waals surface area contributed by atoms with Gasteiger partial charge in [0, 0.05) is 26.6 Å². The number of aromatic nitrogens is 1. The molecule has 112 valence electrons. The van der Waals surface area contributed by atoms with Gasteiger partial charge in [-0.3, -0.25) is 19.5 Å². The predicted octanol–water partition coefficient (Wildman–Crippen LogP) is -0.427. The summed E-state index contributed by atoms with van der Waals surface area (Å²) < 4.78 is 4.98. The second-order valence-electron chi connectivity index (χ2n) is 5.30. The molecule has 0 unspecified atom stereocenters. The van der Waals surface area contributed by atoms with Gasteiger partial charge in [0.1, 0.15) is 6.04 Å². The Bertz CT molecular complexity index is 550. The van der Waals surface area contributed by atoms with E-state index in [9.17, 15) is 9.59 Å². The van der Waals surface area contributed by atoms with Gasteiger partial charge in [0.05, 0.1) is 25.1 Å². The number of nitrogens with zero attached hydrogens (tertiary/aromatic N) is 3. The van der Waals surface area contributed by atoms with Crippen LogP contribution in [0.5, 0.6) is 0 Å². The number of nitrogens with one attached hydrogen (secondary N) is 1. The van der Waals surface area contributed by atoms with Crippen molar-refractivity contribution in [3.8, 4) is 0 Å². The van der Waals surface area contributed by atoms with E-state index in [1.54, 1.807) is 31.6 Å². The molecular formula is C14H18N4O3. The highest BCUT2D eigenvalue weighted by Gasteiger charge is 2.57. The molecule has 3 atom stereocenters. The Morgan fingerprint density at radius 1 is 1.38 bits per heavy atom. The van der Waals surface area contributed by atoms with Crippen LogP contribution >= 0.6 is 0 Å². The smallest absolute Gasteiger partial charge is 0.248 e. The minimum Gasteiger partial charge on any atom is -0.383 e. The number of pyridine rings is 1. The molecule has 3 heterocycles. The maximum absolute atomic E-state index is 12.6. The summed E-state index contributed by atoms with van der Waals surface area (Å²) in [6.07, 6.45) is 3.41. The van der Waals surface area contributed by atoms with Crippen LogP contribution in [-0.2, 0) is 14.3 Å². The lowest BCUT2D eigenvalue weighted by atomic mass is 9.92. The van der Waals surface area contributed by atoms with Crippen molar-refractivity contribution in [3.63, 3.8) is 0 Å². The molecule has 3 rings (SSSR count). The molecule has 1 aromatic rings. The lowest BCUT2D eigenvalue weighted by Gasteiger charge is -2.21. The monoisotopic (exact) mass is 290 g/mol. The summed E-state index contributed by atoms with van der Waals surface area (Å²) in [5.74, 6) is -0.722. The van der Waals surface area contributed by atoms with Crippen molar-refractivity contribution < 1.29 is 14.3 Å². The van der Waals surface area contributed by atoms with Gasteiger partial charge in [0.2, 0.25) is 11.8 Å². The number of likely N-dealkylation sites (N-methyl/N-ethyl adjacent to an activating group) is 1. The van der Waals surface area contributed by atoms with E-state index in [4.69, 9.17) is 4.74 Å². The van der Waals surface area contributed by atoms with Gasteiger partial charge in [-0.15, -0.1) is 0 Å². The first kappa shape index (κ1) is 14.1. The van der Waals surface area contributed by atoms with Crippen molar-refractivity contribution in [3.05, 3.63) is 30.1 Å². The summed E-state index contributed by atoms with van der Waals surface area (Å²) in [6.45, 7) is 0.653. The van der Waals surface area contributed by atoms with Crippen molar-refractivity contribution in [1.82, 2.24) is 20.3 Å². The van der Waals surface area contributed by atoms with Crippen molar-refractivity contribution in [2.45, 2.75) is 12.1 Å². The average Bonchev–Trinajstić information content (AvgIpc) is 2.96. The van der Waals surface area contributed by atoms with Crippen LogP contribution in [0, 0.1) is 5.92 Å². The van der Waals surface area contributed by atoms with E-state index < -0.39 is 12.0 Å². The Morgan fingerprint density at radius 3 is 2.86 bits per heavy atom. The van der Waals surface area contributed by atoms with Crippen molar-refractivity contribution in [2.24, 2.45) is 5.92 Å². The molecule has 7 nitrogen and oxygen atoms in total. The number of hydrogen-bond donors (Lipinski definition) is 1. The third-order valence-corrected chi connectivity index (χ3v) is 4.09. The van der Waals surface area contributed by atoms with Crippen molar-refractivity contribution in [1.29, 1.82) is 0 Å². The summed E-state index contributed by atoms with van der Waals surface area (Å²) >= 11 is 0. The first-order chi connectivity index (χ1) is 10.1. The number of rotatable bonds is 4. The number of hydrazine groups is 1. The summed E-state index contributed by atoms with van der Waals surface area (Å²) in [5.41, 5.74) is 4.11. The van der Waals surface area contributed by atoms with Gasteiger partial charge >= 0.3 is 0 Å². The quantitative estimate of drug-likeness (QED) is 0.759. The molecule has 7 heteroatoms. The molecule has 2 saturated heterocycles. The number of methoxy groups -OCH3 is 1. The Kier molecular flexibility index (Phi) is 3.71. The summed E-state index contributed by atoms with van der Waals surface area (Å²) in [6, 6.07) is 3.06. The van der Waals surface area contributed by atoms with Crippen molar-refractivity contribution in [2.75, 3.05) is 27.3 Å². The van der Waals surface area contributed by atoms with E-state index in [1.807, 2.05) is 12.1 Å². The van der Waals surface area contributed by atoms with Crippen LogP contribution in [0.25, 0.3) is 0 Å². The molecule has 0 bridgehead atoms. The molecule has 0 aliphatic carbocycles. The van der Waals surface area contributed by atoms with Crippen LogP contribution < -0.4 is 5.43 Å². The highest BCUT2D eigenvalue weighted by molar-refractivity contribution is 6.07. The Labute approximate surface area is 122 Å². The van der Waals surface area contributed by atoms with Crippen LogP contribution in [0.4, 0.5) is 0 Å². The van der Waals surface area contributed by atoms with E-state index in [0.29, 0.717) is 13.2 Å². The molecule has 1 aromatic heterocycles. The van der Waals surface area contributed by atoms with E-state index >= 15 is 0 Å². The fraction of sp³-hybridized carbons (Fsp3) is 0.500. The Hall–Kier alpha value is -1.83.